The van der Waals surface area contributed by atoms with Gasteiger partial charge in [-0.15, -0.1) is 0 Å². The maximum atomic E-state index is 12.0. The Hall–Kier alpha value is -1.07. The average molecular weight is 341 g/mol. The van der Waals surface area contributed by atoms with Crippen molar-refractivity contribution in [1.29, 1.82) is 0 Å². The molecule has 1 heterocycles. The highest BCUT2D eigenvalue weighted by molar-refractivity contribution is 9.10. The summed E-state index contributed by atoms with van der Waals surface area (Å²) in [6, 6.07) is 5.93. The van der Waals surface area contributed by atoms with Crippen molar-refractivity contribution in [3.8, 4) is 0 Å². The molecule has 0 radical (unpaired) electrons. The fourth-order valence-corrected chi connectivity index (χ4v) is 2.59. The molecule has 4 nitrogen and oxygen atoms in total. The van der Waals surface area contributed by atoms with Crippen molar-refractivity contribution >= 4 is 33.2 Å². The van der Waals surface area contributed by atoms with Crippen LogP contribution in [0.5, 0.6) is 0 Å². The first-order chi connectivity index (χ1) is 9.38. The van der Waals surface area contributed by atoms with E-state index in [2.05, 4.69) is 26.1 Å². The van der Waals surface area contributed by atoms with Crippen LogP contribution in [0.15, 0.2) is 22.7 Å². The maximum absolute atomic E-state index is 12.0. The van der Waals surface area contributed by atoms with E-state index in [0.717, 1.165) is 42.2 Å². The number of carbonyl (C=O) groups excluding carboxylic acids is 1. The molecule has 110 valence electrons. The largest absolute Gasteiger partial charge is 0.378 e. The van der Waals surface area contributed by atoms with Gasteiger partial charge in [0, 0.05) is 28.7 Å². The molecule has 0 unspecified atom stereocenters. The molecular formula is C15H21BrN2O2. The predicted octanol–water partition coefficient (Wildman–Crippen LogP) is 3.27. The topological polar surface area (TPSA) is 41.6 Å². The second-order valence-corrected chi connectivity index (χ2v) is 6.82. The fourth-order valence-electron chi connectivity index (χ4n) is 1.96. The normalized spacial score (nSPS) is 16.1. The summed E-state index contributed by atoms with van der Waals surface area (Å²) in [5, 5.41) is 2.94. The molecule has 0 bridgehead atoms. The SMILES string of the molecule is CC(C)(C)C(=O)Nc1ccc(N2CCOCC2)c(Br)c1. The second kappa shape index (κ2) is 6.14. The number of nitrogens with one attached hydrogen (secondary N) is 1. The standard InChI is InChI=1S/C15H21BrN2O2/c1-15(2,3)14(19)17-11-4-5-13(12(16)10-11)18-6-8-20-9-7-18/h4-5,10H,6-9H2,1-3H3,(H,17,19). The second-order valence-electron chi connectivity index (χ2n) is 5.97. The number of rotatable bonds is 2. The zero-order valence-electron chi connectivity index (χ0n) is 12.2. The number of halogens is 1. The molecule has 1 saturated heterocycles. The molecule has 1 N–H and O–H groups in total. The molecule has 0 aromatic heterocycles. The summed E-state index contributed by atoms with van der Waals surface area (Å²) in [5.74, 6) is 0.0172. The molecule has 0 spiro atoms. The highest BCUT2D eigenvalue weighted by Crippen LogP contribution is 2.30. The van der Waals surface area contributed by atoms with E-state index in [1.165, 1.54) is 0 Å². The van der Waals surface area contributed by atoms with Crippen LogP contribution in [0.3, 0.4) is 0 Å². The van der Waals surface area contributed by atoms with Crippen molar-refractivity contribution in [3.63, 3.8) is 0 Å². The molecule has 2 rings (SSSR count). The van der Waals surface area contributed by atoms with Crippen molar-refractivity contribution in [1.82, 2.24) is 0 Å². The third-order valence-corrected chi connectivity index (χ3v) is 3.87. The van der Waals surface area contributed by atoms with Crippen LogP contribution >= 0.6 is 15.9 Å². The Labute approximate surface area is 128 Å². The molecule has 1 aromatic rings. The highest BCUT2D eigenvalue weighted by atomic mass is 79.9. The number of anilines is 2. The van der Waals surface area contributed by atoms with Gasteiger partial charge in [0.15, 0.2) is 0 Å². The molecular weight excluding hydrogens is 320 g/mol. The van der Waals surface area contributed by atoms with Gasteiger partial charge >= 0.3 is 0 Å². The fraction of sp³-hybridized carbons (Fsp3) is 0.533. The van der Waals surface area contributed by atoms with E-state index in [-0.39, 0.29) is 5.91 Å². The van der Waals surface area contributed by atoms with E-state index in [4.69, 9.17) is 4.74 Å². The lowest BCUT2D eigenvalue weighted by molar-refractivity contribution is -0.123. The minimum Gasteiger partial charge on any atom is -0.378 e. The minimum absolute atomic E-state index is 0.0172. The number of nitrogens with zero attached hydrogens (tertiary/aromatic N) is 1. The van der Waals surface area contributed by atoms with Gasteiger partial charge in [0.05, 0.1) is 18.9 Å². The summed E-state index contributed by atoms with van der Waals surface area (Å²) in [6.07, 6.45) is 0. The average Bonchev–Trinajstić information content (AvgIpc) is 2.38. The number of benzene rings is 1. The van der Waals surface area contributed by atoms with Crippen molar-refractivity contribution in [2.75, 3.05) is 36.5 Å². The first-order valence-corrected chi connectivity index (χ1v) is 7.61. The molecule has 0 aliphatic carbocycles. The molecule has 0 atom stereocenters. The van der Waals surface area contributed by atoms with Crippen LogP contribution in [-0.4, -0.2) is 32.2 Å². The monoisotopic (exact) mass is 340 g/mol. The van der Waals surface area contributed by atoms with Gasteiger partial charge in [-0.1, -0.05) is 20.8 Å². The van der Waals surface area contributed by atoms with Gasteiger partial charge in [0.25, 0.3) is 0 Å². The number of hydrogen-bond donors (Lipinski definition) is 1. The van der Waals surface area contributed by atoms with E-state index in [0.29, 0.717) is 0 Å². The summed E-state index contributed by atoms with van der Waals surface area (Å²) in [6.45, 7) is 9.01. The van der Waals surface area contributed by atoms with Crippen molar-refractivity contribution in [3.05, 3.63) is 22.7 Å². The first-order valence-electron chi connectivity index (χ1n) is 6.81. The van der Waals surface area contributed by atoms with Crippen molar-refractivity contribution < 1.29 is 9.53 Å². The molecule has 1 fully saturated rings. The van der Waals surface area contributed by atoms with Gasteiger partial charge in [-0.2, -0.15) is 0 Å². The van der Waals surface area contributed by atoms with Gasteiger partial charge in [0.1, 0.15) is 0 Å². The van der Waals surface area contributed by atoms with Crippen molar-refractivity contribution in [2.45, 2.75) is 20.8 Å². The third kappa shape index (κ3) is 3.73. The van der Waals surface area contributed by atoms with Crippen LogP contribution < -0.4 is 10.2 Å². The number of amides is 1. The van der Waals surface area contributed by atoms with Gasteiger partial charge in [-0.25, -0.2) is 0 Å². The highest BCUT2D eigenvalue weighted by Gasteiger charge is 2.21. The zero-order chi connectivity index (χ0) is 14.8. The zero-order valence-corrected chi connectivity index (χ0v) is 13.8. The van der Waals surface area contributed by atoms with E-state index in [1.807, 2.05) is 39.0 Å². The molecule has 1 aliphatic heterocycles. The third-order valence-electron chi connectivity index (χ3n) is 3.24. The smallest absolute Gasteiger partial charge is 0.229 e. The lowest BCUT2D eigenvalue weighted by Crippen LogP contribution is -2.36. The molecule has 0 saturated carbocycles. The molecule has 5 heteroatoms. The quantitative estimate of drug-likeness (QED) is 0.898. The lowest BCUT2D eigenvalue weighted by atomic mass is 9.95. The van der Waals surface area contributed by atoms with E-state index < -0.39 is 5.41 Å². The van der Waals surface area contributed by atoms with Gasteiger partial charge < -0.3 is 15.0 Å². The minimum atomic E-state index is -0.393. The Bertz CT molecular complexity index is 491. The van der Waals surface area contributed by atoms with Gasteiger partial charge in [-0.3, -0.25) is 4.79 Å². The van der Waals surface area contributed by atoms with Crippen molar-refractivity contribution in [2.24, 2.45) is 5.41 Å². The first kappa shape index (κ1) is 15.3. The molecule has 1 aliphatic rings. The van der Waals surface area contributed by atoms with Crippen LogP contribution in [0, 0.1) is 5.41 Å². The summed E-state index contributed by atoms with van der Waals surface area (Å²) in [4.78, 5) is 14.3. The van der Waals surface area contributed by atoms with E-state index >= 15 is 0 Å². The Morgan fingerprint density at radius 2 is 1.95 bits per heavy atom. The van der Waals surface area contributed by atoms with E-state index in [1.54, 1.807) is 0 Å². The summed E-state index contributed by atoms with van der Waals surface area (Å²) < 4.78 is 6.35. The van der Waals surface area contributed by atoms with Crippen LogP contribution in [-0.2, 0) is 9.53 Å². The molecule has 20 heavy (non-hydrogen) atoms. The Balaban J connectivity index is 2.11. The maximum Gasteiger partial charge on any atom is 0.229 e. The van der Waals surface area contributed by atoms with Crippen LogP contribution in [0.2, 0.25) is 0 Å². The lowest BCUT2D eigenvalue weighted by Gasteiger charge is -2.30. The van der Waals surface area contributed by atoms with Gasteiger partial charge in [-0.05, 0) is 34.1 Å². The predicted molar refractivity (Wildman–Crippen MR) is 85.3 cm³/mol. The molecule has 1 aromatic carbocycles. The van der Waals surface area contributed by atoms with Crippen LogP contribution in [0.1, 0.15) is 20.8 Å². The summed E-state index contributed by atoms with van der Waals surface area (Å²) in [5.41, 5.74) is 1.56. The Morgan fingerprint density at radius 3 is 2.50 bits per heavy atom. The van der Waals surface area contributed by atoms with Crippen LogP contribution in [0.4, 0.5) is 11.4 Å². The number of hydrogen-bond acceptors (Lipinski definition) is 3. The van der Waals surface area contributed by atoms with Gasteiger partial charge in [0.2, 0.25) is 5.91 Å². The Kier molecular flexibility index (Phi) is 4.70. The summed E-state index contributed by atoms with van der Waals surface area (Å²) in [7, 11) is 0. The number of ether oxygens (including phenoxy) is 1. The summed E-state index contributed by atoms with van der Waals surface area (Å²) >= 11 is 3.59. The van der Waals surface area contributed by atoms with E-state index in [9.17, 15) is 4.79 Å². The Morgan fingerprint density at radius 1 is 1.30 bits per heavy atom. The molecule has 1 amide bonds. The number of morpholine rings is 1. The number of carbonyl (C=O) groups is 1. The van der Waals surface area contributed by atoms with Crippen LogP contribution in [0.25, 0.3) is 0 Å².